The van der Waals surface area contributed by atoms with Crippen LogP contribution >= 0.6 is 0 Å². The highest BCUT2D eigenvalue weighted by molar-refractivity contribution is 5.94. The van der Waals surface area contributed by atoms with Crippen LogP contribution in [0, 0.1) is 6.92 Å². The third-order valence-electron chi connectivity index (χ3n) is 5.16. The molecule has 0 bridgehead atoms. The molecule has 0 saturated carbocycles. The molecule has 3 heterocycles. The van der Waals surface area contributed by atoms with Crippen LogP contribution in [0.3, 0.4) is 0 Å². The van der Waals surface area contributed by atoms with Gasteiger partial charge in [0.1, 0.15) is 0 Å². The van der Waals surface area contributed by atoms with E-state index < -0.39 is 0 Å². The Balaban J connectivity index is 1.46. The van der Waals surface area contributed by atoms with Gasteiger partial charge in [-0.1, -0.05) is 19.1 Å². The Morgan fingerprint density at radius 1 is 1.03 bits per heavy atom. The molecule has 0 atom stereocenters. The van der Waals surface area contributed by atoms with Crippen LogP contribution < -0.4 is 0 Å². The van der Waals surface area contributed by atoms with E-state index in [0.29, 0.717) is 17.3 Å². The summed E-state index contributed by atoms with van der Waals surface area (Å²) in [5.41, 5.74) is 3.26. The van der Waals surface area contributed by atoms with Crippen molar-refractivity contribution in [2.24, 2.45) is 0 Å². The molecular weight excluding hydrogens is 366 g/mol. The lowest BCUT2D eigenvalue weighted by molar-refractivity contribution is 0.0637. The van der Waals surface area contributed by atoms with Gasteiger partial charge in [0, 0.05) is 56.0 Å². The summed E-state index contributed by atoms with van der Waals surface area (Å²) in [6.45, 7) is 8.52. The van der Waals surface area contributed by atoms with Crippen LogP contribution in [0.5, 0.6) is 0 Å². The quantitative estimate of drug-likeness (QED) is 0.664. The molecule has 150 valence electrons. The summed E-state index contributed by atoms with van der Waals surface area (Å²) in [4.78, 5) is 21.6. The summed E-state index contributed by atoms with van der Waals surface area (Å²) in [5.74, 6) is 1.09. The summed E-state index contributed by atoms with van der Waals surface area (Å²) in [6, 6.07) is 11.4. The van der Waals surface area contributed by atoms with E-state index in [2.05, 4.69) is 27.0 Å². The van der Waals surface area contributed by atoms with Gasteiger partial charge in [-0.2, -0.15) is 0 Å². The summed E-state index contributed by atoms with van der Waals surface area (Å²) < 4.78 is 5.50. The molecule has 0 aliphatic carbocycles. The monoisotopic (exact) mass is 391 g/mol. The summed E-state index contributed by atoms with van der Waals surface area (Å²) in [6.07, 6.45) is 2.87. The van der Waals surface area contributed by atoms with Crippen molar-refractivity contribution in [1.82, 2.24) is 25.0 Å². The standard InChI is InChI=1S/C22H25N5O2/c1-3-10-26-11-13-27(14-12-26)22(28)18-6-4-17(5-7-18)20-15-19(8-9-23-20)21-25-24-16(2)29-21/h4-9,15H,3,10-14H2,1-2H3. The molecule has 1 aliphatic heterocycles. The van der Waals surface area contributed by atoms with E-state index in [-0.39, 0.29) is 5.91 Å². The Hall–Kier alpha value is -3.06. The highest BCUT2D eigenvalue weighted by Crippen LogP contribution is 2.24. The number of aromatic nitrogens is 3. The maximum Gasteiger partial charge on any atom is 0.253 e. The Bertz CT molecular complexity index is 975. The fourth-order valence-corrected chi connectivity index (χ4v) is 3.59. The van der Waals surface area contributed by atoms with Gasteiger partial charge in [-0.3, -0.25) is 14.7 Å². The van der Waals surface area contributed by atoms with Crippen LogP contribution in [0.15, 0.2) is 47.0 Å². The number of pyridine rings is 1. The minimum absolute atomic E-state index is 0.0933. The van der Waals surface area contributed by atoms with E-state index in [1.165, 1.54) is 0 Å². The zero-order valence-electron chi connectivity index (χ0n) is 16.8. The first-order valence-corrected chi connectivity index (χ1v) is 10.0. The van der Waals surface area contributed by atoms with E-state index in [9.17, 15) is 4.79 Å². The number of carbonyl (C=O) groups excluding carboxylic acids is 1. The molecule has 1 fully saturated rings. The molecule has 1 aromatic carbocycles. The van der Waals surface area contributed by atoms with E-state index in [1.54, 1.807) is 13.1 Å². The molecule has 2 aromatic heterocycles. The van der Waals surface area contributed by atoms with Crippen LogP contribution in [0.25, 0.3) is 22.7 Å². The number of nitrogens with zero attached hydrogens (tertiary/aromatic N) is 5. The maximum absolute atomic E-state index is 12.8. The van der Waals surface area contributed by atoms with Gasteiger partial charge in [-0.05, 0) is 37.2 Å². The van der Waals surface area contributed by atoms with E-state index in [4.69, 9.17) is 4.42 Å². The average Bonchev–Trinajstić information content (AvgIpc) is 3.21. The summed E-state index contributed by atoms with van der Waals surface area (Å²) >= 11 is 0. The Kier molecular flexibility index (Phi) is 5.67. The SMILES string of the molecule is CCCN1CCN(C(=O)c2ccc(-c3cc(-c4nnc(C)o4)ccn3)cc2)CC1. The van der Waals surface area contributed by atoms with Crippen LogP contribution in [0.1, 0.15) is 29.6 Å². The molecule has 0 radical (unpaired) electrons. The van der Waals surface area contributed by atoms with E-state index in [0.717, 1.165) is 56.0 Å². The molecule has 0 unspecified atom stereocenters. The largest absolute Gasteiger partial charge is 0.421 e. The number of benzene rings is 1. The van der Waals surface area contributed by atoms with Gasteiger partial charge >= 0.3 is 0 Å². The molecule has 4 rings (SSSR count). The second-order valence-electron chi connectivity index (χ2n) is 7.27. The first-order chi connectivity index (χ1) is 14.1. The highest BCUT2D eigenvalue weighted by atomic mass is 16.4. The minimum Gasteiger partial charge on any atom is -0.421 e. The molecule has 29 heavy (non-hydrogen) atoms. The lowest BCUT2D eigenvalue weighted by Gasteiger charge is -2.34. The summed E-state index contributed by atoms with van der Waals surface area (Å²) in [5, 5.41) is 7.93. The molecule has 7 heteroatoms. The van der Waals surface area contributed by atoms with E-state index >= 15 is 0 Å². The van der Waals surface area contributed by atoms with Gasteiger partial charge in [-0.15, -0.1) is 10.2 Å². The molecule has 0 spiro atoms. The Morgan fingerprint density at radius 2 is 1.79 bits per heavy atom. The molecule has 1 saturated heterocycles. The van der Waals surface area contributed by atoms with Crippen molar-refractivity contribution < 1.29 is 9.21 Å². The first kappa shape index (κ1) is 19.3. The average molecular weight is 391 g/mol. The van der Waals surface area contributed by atoms with Crippen molar-refractivity contribution in [1.29, 1.82) is 0 Å². The van der Waals surface area contributed by atoms with Crippen molar-refractivity contribution in [2.75, 3.05) is 32.7 Å². The van der Waals surface area contributed by atoms with Crippen LogP contribution in [-0.2, 0) is 0 Å². The zero-order chi connectivity index (χ0) is 20.2. The van der Waals surface area contributed by atoms with Gasteiger partial charge in [0.25, 0.3) is 5.91 Å². The van der Waals surface area contributed by atoms with Gasteiger partial charge in [0.2, 0.25) is 11.8 Å². The lowest BCUT2D eigenvalue weighted by Crippen LogP contribution is -2.48. The predicted molar refractivity (Wildman–Crippen MR) is 110 cm³/mol. The third-order valence-corrected chi connectivity index (χ3v) is 5.16. The highest BCUT2D eigenvalue weighted by Gasteiger charge is 2.21. The van der Waals surface area contributed by atoms with Gasteiger partial charge in [0.05, 0.1) is 5.69 Å². The fraction of sp³-hybridized carbons (Fsp3) is 0.364. The summed E-state index contributed by atoms with van der Waals surface area (Å²) in [7, 11) is 0. The number of hydrogen-bond donors (Lipinski definition) is 0. The lowest BCUT2D eigenvalue weighted by atomic mass is 10.1. The molecule has 3 aromatic rings. The van der Waals surface area contributed by atoms with Crippen molar-refractivity contribution >= 4 is 5.91 Å². The van der Waals surface area contributed by atoms with Gasteiger partial charge in [-0.25, -0.2) is 0 Å². The smallest absolute Gasteiger partial charge is 0.253 e. The molecule has 1 amide bonds. The Morgan fingerprint density at radius 3 is 2.45 bits per heavy atom. The maximum atomic E-state index is 12.8. The number of aryl methyl sites for hydroxylation is 1. The van der Waals surface area contributed by atoms with Crippen molar-refractivity contribution in [2.45, 2.75) is 20.3 Å². The molecule has 7 nitrogen and oxygen atoms in total. The second kappa shape index (κ2) is 8.53. The molecule has 0 N–H and O–H groups in total. The molecule has 1 aliphatic rings. The van der Waals surface area contributed by atoms with Gasteiger partial charge in [0.15, 0.2) is 0 Å². The zero-order valence-corrected chi connectivity index (χ0v) is 16.8. The number of carbonyl (C=O) groups is 1. The number of rotatable bonds is 5. The number of piperazine rings is 1. The fourth-order valence-electron chi connectivity index (χ4n) is 3.59. The van der Waals surface area contributed by atoms with Crippen LogP contribution in [0.4, 0.5) is 0 Å². The number of amides is 1. The Labute approximate surface area is 170 Å². The predicted octanol–water partition coefficient (Wildman–Crippen LogP) is 3.27. The second-order valence-corrected chi connectivity index (χ2v) is 7.27. The van der Waals surface area contributed by atoms with Gasteiger partial charge < -0.3 is 9.32 Å². The minimum atomic E-state index is 0.0933. The first-order valence-electron chi connectivity index (χ1n) is 10.0. The van der Waals surface area contributed by atoms with Crippen LogP contribution in [0.2, 0.25) is 0 Å². The third kappa shape index (κ3) is 4.35. The van der Waals surface area contributed by atoms with Crippen LogP contribution in [-0.4, -0.2) is 63.6 Å². The topological polar surface area (TPSA) is 75.4 Å². The van der Waals surface area contributed by atoms with Crippen molar-refractivity contribution in [3.8, 4) is 22.7 Å². The van der Waals surface area contributed by atoms with E-state index in [1.807, 2.05) is 41.3 Å². The normalized spacial score (nSPS) is 14.9. The molecular formula is C22H25N5O2. The van der Waals surface area contributed by atoms with Crippen molar-refractivity contribution in [3.05, 3.63) is 54.0 Å². The number of hydrogen-bond acceptors (Lipinski definition) is 6. The van der Waals surface area contributed by atoms with Crippen molar-refractivity contribution in [3.63, 3.8) is 0 Å².